The molecular formula is C15H30N4O2. The van der Waals surface area contributed by atoms with E-state index >= 15 is 0 Å². The van der Waals surface area contributed by atoms with Crippen LogP contribution in [0.5, 0.6) is 0 Å². The third-order valence-electron chi connectivity index (χ3n) is 4.36. The van der Waals surface area contributed by atoms with Crippen molar-refractivity contribution in [1.82, 2.24) is 10.2 Å². The van der Waals surface area contributed by atoms with Gasteiger partial charge in [0.15, 0.2) is 0 Å². The Hall–Kier alpha value is -1.30. The number of hydrogen-bond acceptors (Lipinski definition) is 3. The lowest BCUT2D eigenvalue weighted by Gasteiger charge is -2.33. The summed E-state index contributed by atoms with van der Waals surface area (Å²) in [5.74, 6) is 1.10. The molecule has 1 heterocycles. The quantitative estimate of drug-likeness (QED) is 0.624. The number of nitrogens with one attached hydrogen (secondary N) is 1. The first kappa shape index (κ1) is 17.8. The van der Waals surface area contributed by atoms with Crippen LogP contribution in [-0.4, -0.2) is 43.0 Å². The topological polar surface area (TPSA) is 101 Å². The zero-order valence-electron chi connectivity index (χ0n) is 13.1. The smallest absolute Gasteiger partial charge is 0.312 e. The fourth-order valence-electron chi connectivity index (χ4n) is 2.98. The summed E-state index contributed by atoms with van der Waals surface area (Å²) in [7, 11) is 0. The molecule has 0 aliphatic carbocycles. The first-order chi connectivity index (χ1) is 10.1. The lowest BCUT2D eigenvalue weighted by Crippen LogP contribution is -2.44. The minimum Gasteiger partial charge on any atom is -0.352 e. The van der Waals surface area contributed by atoms with Gasteiger partial charge < -0.3 is 21.7 Å². The van der Waals surface area contributed by atoms with Crippen LogP contribution in [0.25, 0.3) is 0 Å². The number of urea groups is 1. The van der Waals surface area contributed by atoms with Gasteiger partial charge in [-0.15, -0.1) is 0 Å². The van der Waals surface area contributed by atoms with Crippen LogP contribution >= 0.6 is 0 Å². The Kier molecular flexibility index (Phi) is 8.12. The van der Waals surface area contributed by atoms with Gasteiger partial charge in [-0.2, -0.15) is 0 Å². The van der Waals surface area contributed by atoms with Crippen LogP contribution in [0.15, 0.2) is 0 Å². The molecule has 1 saturated heterocycles. The highest BCUT2D eigenvalue weighted by atomic mass is 16.2. The molecule has 6 heteroatoms. The minimum absolute atomic E-state index is 0.231. The Morgan fingerprint density at radius 2 is 2.14 bits per heavy atom. The molecule has 5 N–H and O–H groups in total. The Morgan fingerprint density at radius 3 is 2.76 bits per heavy atom. The Balaban J connectivity index is 2.34. The normalized spacial score (nSPS) is 20.1. The van der Waals surface area contributed by atoms with Gasteiger partial charge >= 0.3 is 6.03 Å². The number of nitrogens with zero attached hydrogens (tertiary/aromatic N) is 1. The number of primary amides is 1. The van der Waals surface area contributed by atoms with Gasteiger partial charge in [0.2, 0.25) is 5.91 Å². The summed E-state index contributed by atoms with van der Waals surface area (Å²) in [5.41, 5.74) is 10.7. The number of amides is 3. The maximum Gasteiger partial charge on any atom is 0.312 e. The zero-order chi connectivity index (χ0) is 15.7. The lowest BCUT2D eigenvalue weighted by atomic mass is 9.94. The summed E-state index contributed by atoms with van der Waals surface area (Å²) in [6, 6.07) is -0.494. The molecule has 0 radical (unpaired) electrons. The van der Waals surface area contributed by atoms with Crippen LogP contribution in [0, 0.1) is 11.8 Å². The van der Waals surface area contributed by atoms with E-state index < -0.39 is 6.03 Å². The van der Waals surface area contributed by atoms with Gasteiger partial charge in [0, 0.05) is 26.1 Å². The van der Waals surface area contributed by atoms with Crippen molar-refractivity contribution in [2.24, 2.45) is 23.3 Å². The van der Waals surface area contributed by atoms with Gasteiger partial charge in [0.05, 0.1) is 0 Å². The number of hydrogen-bond donors (Lipinski definition) is 3. The molecule has 2 unspecified atom stereocenters. The van der Waals surface area contributed by atoms with Crippen LogP contribution in [0.2, 0.25) is 0 Å². The molecule has 122 valence electrons. The standard InChI is InChI=1S/C15H30N4O2/c1-2-12(7-8-16)5-6-14(20)19-9-3-4-13(11-19)10-18-15(17)21/h12-13H,2-11,16H2,1H3,(H3,17,18,21). The van der Waals surface area contributed by atoms with Crippen LogP contribution < -0.4 is 16.8 Å². The van der Waals surface area contributed by atoms with Gasteiger partial charge in [0.25, 0.3) is 0 Å². The van der Waals surface area contributed by atoms with Gasteiger partial charge in [-0.1, -0.05) is 13.3 Å². The highest BCUT2D eigenvalue weighted by Gasteiger charge is 2.24. The zero-order valence-corrected chi connectivity index (χ0v) is 13.1. The molecule has 1 fully saturated rings. The molecule has 3 amide bonds. The van der Waals surface area contributed by atoms with Crippen molar-refractivity contribution in [3.63, 3.8) is 0 Å². The van der Waals surface area contributed by atoms with E-state index in [2.05, 4.69) is 12.2 Å². The number of carbonyl (C=O) groups is 2. The molecule has 21 heavy (non-hydrogen) atoms. The summed E-state index contributed by atoms with van der Waals surface area (Å²) in [6.45, 7) is 4.96. The van der Waals surface area contributed by atoms with E-state index in [1.807, 2.05) is 4.90 Å². The maximum atomic E-state index is 12.3. The van der Waals surface area contributed by atoms with Crippen LogP contribution in [0.4, 0.5) is 4.79 Å². The Labute approximate surface area is 127 Å². The van der Waals surface area contributed by atoms with Gasteiger partial charge in [-0.05, 0) is 44.1 Å². The van der Waals surface area contributed by atoms with E-state index in [0.29, 0.717) is 31.3 Å². The van der Waals surface area contributed by atoms with E-state index in [1.165, 1.54) is 0 Å². The predicted molar refractivity (Wildman–Crippen MR) is 83.6 cm³/mol. The van der Waals surface area contributed by atoms with Crippen molar-refractivity contribution >= 4 is 11.9 Å². The molecule has 2 atom stereocenters. The Bertz CT molecular complexity index is 336. The van der Waals surface area contributed by atoms with Crippen LogP contribution in [0.3, 0.4) is 0 Å². The van der Waals surface area contributed by atoms with E-state index in [0.717, 1.165) is 45.2 Å². The largest absolute Gasteiger partial charge is 0.352 e. The molecule has 0 saturated carbocycles. The van der Waals surface area contributed by atoms with Gasteiger partial charge in [-0.3, -0.25) is 4.79 Å². The first-order valence-electron chi connectivity index (χ1n) is 8.07. The molecule has 1 aliphatic heterocycles. The molecule has 0 aromatic carbocycles. The fraction of sp³-hybridized carbons (Fsp3) is 0.867. The number of carbonyl (C=O) groups excluding carboxylic acids is 2. The van der Waals surface area contributed by atoms with Crippen molar-refractivity contribution in [2.75, 3.05) is 26.2 Å². The number of piperidine rings is 1. The van der Waals surface area contributed by atoms with E-state index in [1.54, 1.807) is 0 Å². The molecule has 1 aliphatic rings. The molecule has 0 aromatic heterocycles. The van der Waals surface area contributed by atoms with Crippen molar-refractivity contribution in [3.8, 4) is 0 Å². The third-order valence-corrected chi connectivity index (χ3v) is 4.36. The summed E-state index contributed by atoms with van der Waals surface area (Å²) in [4.78, 5) is 25.0. The second-order valence-electron chi connectivity index (χ2n) is 5.98. The van der Waals surface area contributed by atoms with Gasteiger partial charge in [0.1, 0.15) is 0 Å². The number of nitrogens with two attached hydrogens (primary N) is 2. The van der Waals surface area contributed by atoms with Crippen LogP contribution in [-0.2, 0) is 4.79 Å². The summed E-state index contributed by atoms with van der Waals surface area (Å²) >= 11 is 0. The molecule has 1 rings (SSSR count). The summed E-state index contributed by atoms with van der Waals surface area (Å²) in [6.07, 6.45) is 5.64. The minimum atomic E-state index is -0.494. The second kappa shape index (κ2) is 9.60. The van der Waals surface area contributed by atoms with Gasteiger partial charge in [-0.25, -0.2) is 4.79 Å². The van der Waals surface area contributed by atoms with Crippen LogP contribution in [0.1, 0.15) is 45.4 Å². The third kappa shape index (κ3) is 6.80. The molecular weight excluding hydrogens is 268 g/mol. The SMILES string of the molecule is CCC(CCN)CCC(=O)N1CCCC(CNC(N)=O)C1. The molecule has 0 spiro atoms. The average Bonchev–Trinajstić information content (AvgIpc) is 2.49. The highest BCUT2D eigenvalue weighted by molar-refractivity contribution is 5.76. The maximum absolute atomic E-state index is 12.3. The summed E-state index contributed by atoms with van der Waals surface area (Å²) in [5, 5.41) is 2.64. The van der Waals surface area contributed by atoms with E-state index in [9.17, 15) is 9.59 Å². The number of likely N-dealkylation sites (tertiary alicyclic amines) is 1. The molecule has 6 nitrogen and oxygen atoms in total. The van der Waals surface area contributed by atoms with Crippen molar-refractivity contribution in [3.05, 3.63) is 0 Å². The average molecular weight is 298 g/mol. The van der Waals surface area contributed by atoms with E-state index in [-0.39, 0.29) is 5.91 Å². The highest BCUT2D eigenvalue weighted by Crippen LogP contribution is 2.19. The summed E-state index contributed by atoms with van der Waals surface area (Å²) < 4.78 is 0. The molecule has 0 aromatic rings. The number of rotatable bonds is 8. The second-order valence-corrected chi connectivity index (χ2v) is 5.98. The fourth-order valence-corrected chi connectivity index (χ4v) is 2.98. The predicted octanol–water partition coefficient (Wildman–Crippen LogP) is 1.05. The van der Waals surface area contributed by atoms with Crippen molar-refractivity contribution in [1.29, 1.82) is 0 Å². The molecule has 0 bridgehead atoms. The monoisotopic (exact) mass is 298 g/mol. The van der Waals surface area contributed by atoms with Crippen molar-refractivity contribution < 1.29 is 9.59 Å². The lowest BCUT2D eigenvalue weighted by molar-refractivity contribution is -0.133. The van der Waals surface area contributed by atoms with E-state index in [4.69, 9.17) is 11.5 Å². The van der Waals surface area contributed by atoms with Crippen molar-refractivity contribution in [2.45, 2.75) is 45.4 Å². The first-order valence-corrected chi connectivity index (χ1v) is 8.07. The Morgan fingerprint density at radius 1 is 1.38 bits per heavy atom.